The summed E-state index contributed by atoms with van der Waals surface area (Å²) in [7, 11) is 0. The number of ketones is 1. The van der Waals surface area contributed by atoms with Crippen molar-refractivity contribution in [2.24, 2.45) is 33.7 Å². The van der Waals surface area contributed by atoms with Gasteiger partial charge in [0.25, 0.3) is 5.91 Å². The van der Waals surface area contributed by atoms with Crippen LogP contribution in [0.3, 0.4) is 0 Å². The summed E-state index contributed by atoms with van der Waals surface area (Å²) in [5, 5.41) is 47.9. The topological polar surface area (TPSA) is 166 Å². The van der Waals surface area contributed by atoms with E-state index in [4.69, 9.17) is 9.94 Å². The molecule has 0 bridgehead atoms. The minimum absolute atomic E-state index is 0.0153. The number of oxime groups is 1. The number of hydrogen-bond donors (Lipinski definition) is 5. The van der Waals surface area contributed by atoms with E-state index in [2.05, 4.69) is 17.4 Å². The van der Waals surface area contributed by atoms with Crippen LogP contribution in [-0.4, -0.2) is 75.3 Å². The van der Waals surface area contributed by atoms with Crippen LogP contribution >= 0.6 is 0 Å². The van der Waals surface area contributed by atoms with E-state index < -0.39 is 35.5 Å². The lowest BCUT2D eigenvalue weighted by Crippen LogP contribution is -2.62. The Kier molecular flexibility index (Phi) is 8.35. The lowest BCUT2D eigenvalue weighted by molar-refractivity contribution is -0.181. The molecular formula is C28H42N2O8. The van der Waals surface area contributed by atoms with Crippen molar-refractivity contribution in [1.29, 1.82) is 0 Å². The van der Waals surface area contributed by atoms with E-state index in [1.54, 1.807) is 0 Å². The zero-order chi connectivity index (χ0) is 27.7. The first-order valence-electron chi connectivity index (χ1n) is 13.9. The first-order valence-corrected chi connectivity index (χ1v) is 13.9. The Morgan fingerprint density at radius 2 is 1.92 bits per heavy atom. The van der Waals surface area contributed by atoms with Gasteiger partial charge in [-0.15, -0.1) is 0 Å². The van der Waals surface area contributed by atoms with E-state index in [9.17, 15) is 29.7 Å². The maximum absolute atomic E-state index is 12.6. The second-order valence-electron chi connectivity index (χ2n) is 12.1. The summed E-state index contributed by atoms with van der Waals surface area (Å²) in [5.74, 6) is -1.39. The molecule has 38 heavy (non-hydrogen) atoms. The highest BCUT2D eigenvalue weighted by Crippen LogP contribution is 2.67. The molecule has 0 saturated heterocycles. The number of Topliss-reactive ketones (excluding diaryl/α,β-unsaturated/α-hetero) is 1. The first kappa shape index (κ1) is 28.7. The SMILES string of the molecule is C[C@]12CC/C(=N\OCC(=O)NCCCCC(=O)O)C=C1CC[C@H]1[C@H]2[C@@H](O)C[C@@]2(C)[C@@H]1CC[C@@]2(O)C(=O)CO. The highest BCUT2D eigenvalue weighted by atomic mass is 16.6. The molecule has 0 aromatic rings. The van der Waals surface area contributed by atoms with Gasteiger partial charge in [-0.2, -0.15) is 0 Å². The average Bonchev–Trinajstić information content (AvgIpc) is 3.13. The average molecular weight is 535 g/mol. The predicted molar refractivity (Wildman–Crippen MR) is 138 cm³/mol. The van der Waals surface area contributed by atoms with Crippen molar-refractivity contribution in [1.82, 2.24) is 5.32 Å². The molecule has 0 spiro atoms. The summed E-state index contributed by atoms with van der Waals surface area (Å²) in [6, 6.07) is 0. The number of carboxylic acid groups (broad SMARTS) is 1. The summed E-state index contributed by atoms with van der Waals surface area (Å²) < 4.78 is 0. The number of nitrogens with zero attached hydrogens (tertiary/aromatic N) is 1. The maximum atomic E-state index is 12.6. The van der Waals surface area contributed by atoms with Gasteiger partial charge in [0.05, 0.1) is 11.8 Å². The van der Waals surface area contributed by atoms with Gasteiger partial charge < -0.3 is 30.6 Å². The van der Waals surface area contributed by atoms with Crippen molar-refractivity contribution < 1.29 is 39.6 Å². The van der Waals surface area contributed by atoms with Crippen LogP contribution in [0.2, 0.25) is 0 Å². The number of aliphatic carboxylic acids is 1. The molecule has 3 fully saturated rings. The Morgan fingerprint density at radius 1 is 1.16 bits per heavy atom. The van der Waals surface area contributed by atoms with E-state index in [1.165, 1.54) is 5.57 Å². The molecule has 10 nitrogen and oxygen atoms in total. The van der Waals surface area contributed by atoms with Crippen molar-refractivity contribution in [2.75, 3.05) is 19.8 Å². The summed E-state index contributed by atoms with van der Waals surface area (Å²) in [5.41, 5.74) is -0.583. The lowest BCUT2D eigenvalue weighted by Gasteiger charge is -2.60. The number of nitrogens with one attached hydrogen (secondary N) is 1. The molecule has 0 aromatic heterocycles. The number of carbonyl (C=O) groups excluding carboxylic acids is 2. The number of allylic oxidation sites excluding steroid dienone is 2. The quantitative estimate of drug-likeness (QED) is 0.210. The number of aliphatic hydroxyl groups is 3. The van der Waals surface area contributed by atoms with E-state index in [0.29, 0.717) is 45.1 Å². The van der Waals surface area contributed by atoms with Crippen molar-refractivity contribution >= 4 is 23.4 Å². The monoisotopic (exact) mass is 534 g/mol. The van der Waals surface area contributed by atoms with Crippen LogP contribution in [0.25, 0.3) is 0 Å². The van der Waals surface area contributed by atoms with E-state index in [0.717, 1.165) is 25.0 Å². The molecule has 10 heteroatoms. The molecule has 4 aliphatic rings. The Labute approximate surface area is 223 Å². The minimum atomic E-state index is -1.59. The number of aliphatic hydroxyl groups excluding tert-OH is 2. The smallest absolute Gasteiger partial charge is 0.303 e. The van der Waals surface area contributed by atoms with Crippen molar-refractivity contribution in [3.05, 3.63) is 11.6 Å². The molecule has 0 heterocycles. The highest BCUT2D eigenvalue weighted by Gasteiger charge is 2.68. The predicted octanol–water partition coefficient (Wildman–Crippen LogP) is 1.96. The molecule has 0 unspecified atom stereocenters. The molecule has 0 aromatic carbocycles. The Bertz CT molecular complexity index is 1010. The van der Waals surface area contributed by atoms with Crippen molar-refractivity contribution in [3.63, 3.8) is 0 Å². The number of carbonyl (C=O) groups is 3. The van der Waals surface area contributed by atoms with Gasteiger partial charge in [0.15, 0.2) is 12.4 Å². The van der Waals surface area contributed by atoms with E-state index in [-0.39, 0.29) is 42.1 Å². The van der Waals surface area contributed by atoms with Gasteiger partial charge in [-0.1, -0.05) is 24.6 Å². The fourth-order valence-electron chi connectivity index (χ4n) is 8.22. The molecule has 0 radical (unpaired) electrons. The normalized spacial score (nSPS) is 39.0. The standard InChI is InChI=1S/C28H42N2O8/c1-26-10-8-18(30-38-16-23(34)29-12-4-3-5-24(35)36)13-17(26)6-7-19-20-9-11-28(37,22(33)15-31)27(20,2)14-21(32)25(19)26/h13,19-21,25,31-32,37H,3-12,14-16H2,1-2H3,(H,29,34)(H,35,36)/b30-18+/t19-,20-,21+,25+,26+,27+,28-/m1/s1. The molecule has 212 valence electrons. The second-order valence-corrected chi connectivity index (χ2v) is 12.1. The number of unbranched alkanes of at least 4 members (excludes halogenated alkanes) is 1. The minimum Gasteiger partial charge on any atom is -0.481 e. The van der Waals surface area contributed by atoms with Gasteiger partial charge in [-0.3, -0.25) is 14.4 Å². The number of rotatable bonds is 10. The zero-order valence-corrected chi connectivity index (χ0v) is 22.4. The molecule has 3 saturated carbocycles. The second kappa shape index (κ2) is 11.1. The molecule has 7 atom stereocenters. The van der Waals surface area contributed by atoms with E-state index >= 15 is 0 Å². The van der Waals surface area contributed by atoms with Crippen molar-refractivity contribution in [2.45, 2.75) is 89.8 Å². The maximum Gasteiger partial charge on any atom is 0.303 e. The van der Waals surface area contributed by atoms with E-state index in [1.807, 2.05) is 13.0 Å². The summed E-state index contributed by atoms with van der Waals surface area (Å²) >= 11 is 0. The number of fused-ring (bicyclic) bond motifs is 5. The van der Waals surface area contributed by atoms with Crippen LogP contribution in [-0.2, 0) is 19.2 Å². The summed E-state index contributed by atoms with van der Waals surface area (Å²) in [6.45, 7) is 3.62. The van der Waals surface area contributed by atoms with Crippen LogP contribution in [0.1, 0.15) is 78.1 Å². The third-order valence-corrected chi connectivity index (χ3v) is 10.2. The third-order valence-electron chi connectivity index (χ3n) is 10.2. The summed E-state index contributed by atoms with van der Waals surface area (Å²) in [4.78, 5) is 40.4. The highest BCUT2D eigenvalue weighted by molar-refractivity contribution is 5.96. The van der Waals surface area contributed by atoms with Gasteiger partial charge in [0.1, 0.15) is 12.2 Å². The largest absolute Gasteiger partial charge is 0.481 e. The zero-order valence-electron chi connectivity index (χ0n) is 22.4. The Hall–Kier alpha value is -2.30. The van der Waals surface area contributed by atoms with Crippen molar-refractivity contribution in [3.8, 4) is 0 Å². The molecular weight excluding hydrogens is 492 g/mol. The molecule has 0 aliphatic heterocycles. The first-order chi connectivity index (χ1) is 18.0. The van der Waals surface area contributed by atoms with Gasteiger partial charge in [0.2, 0.25) is 0 Å². The number of carboxylic acids is 1. The van der Waals surface area contributed by atoms with Gasteiger partial charge in [-0.05, 0) is 87.0 Å². The molecule has 5 N–H and O–H groups in total. The van der Waals surface area contributed by atoms with Crippen LogP contribution < -0.4 is 5.32 Å². The van der Waals surface area contributed by atoms with Crippen LogP contribution in [0, 0.1) is 28.6 Å². The van der Waals surface area contributed by atoms with Gasteiger partial charge in [0, 0.05) is 18.4 Å². The van der Waals surface area contributed by atoms with Crippen LogP contribution in [0.5, 0.6) is 0 Å². The lowest BCUT2D eigenvalue weighted by atomic mass is 9.45. The van der Waals surface area contributed by atoms with Crippen LogP contribution in [0.4, 0.5) is 0 Å². The number of amides is 1. The molecule has 1 amide bonds. The van der Waals surface area contributed by atoms with Gasteiger partial charge in [-0.25, -0.2) is 0 Å². The number of hydrogen-bond acceptors (Lipinski definition) is 8. The van der Waals surface area contributed by atoms with Gasteiger partial charge >= 0.3 is 5.97 Å². The molecule has 4 rings (SSSR count). The Balaban J connectivity index is 1.39. The Morgan fingerprint density at radius 3 is 2.63 bits per heavy atom. The summed E-state index contributed by atoms with van der Waals surface area (Å²) in [6.07, 6.45) is 7.05. The fourth-order valence-corrected chi connectivity index (χ4v) is 8.22. The van der Waals surface area contributed by atoms with Crippen LogP contribution in [0.15, 0.2) is 16.8 Å². The fraction of sp³-hybridized carbons (Fsp3) is 0.786. The molecule has 4 aliphatic carbocycles. The third kappa shape index (κ3) is 5.02.